The average molecular weight is 441 g/mol. The van der Waals surface area contributed by atoms with Gasteiger partial charge in [0, 0.05) is 18.0 Å². The molecule has 2 N–H and O–H groups in total. The zero-order valence-electron chi connectivity index (χ0n) is 16.9. The quantitative estimate of drug-likeness (QED) is 0.520. The van der Waals surface area contributed by atoms with Gasteiger partial charge < -0.3 is 10.6 Å². The van der Waals surface area contributed by atoms with Gasteiger partial charge in [0.25, 0.3) is 5.91 Å². The van der Waals surface area contributed by atoms with Gasteiger partial charge in [0.2, 0.25) is 10.9 Å². The van der Waals surface area contributed by atoms with Crippen LogP contribution in [-0.4, -0.2) is 34.3 Å². The van der Waals surface area contributed by atoms with Crippen LogP contribution in [-0.2, 0) is 10.5 Å². The van der Waals surface area contributed by atoms with E-state index in [0.29, 0.717) is 23.1 Å². The molecule has 3 aromatic rings. The highest BCUT2D eigenvalue weighted by Gasteiger charge is 2.14. The van der Waals surface area contributed by atoms with E-state index in [4.69, 9.17) is 0 Å². The average Bonchev–Trinajstić information content (AvgIpc) is 3.23. The number of aromatic nitrogens is 2. The van der Waals surface area contributed by atoms with E-state index in [0.717, 1.165) is 16.3 Å². The van der Waals surface area contributed by atoms with Gasteiger partial charge in [-0.05, 0) is 30.5 Å². The van der Waals surface area contributed by atoms with Crippen LogP contribution in [0.4, 0.5) is 5.69 Å². The lowest BCUT2D eigenvalue weighted by Crippen LogP contribution is -2.29. The maximum absolute atomic E-state index is 12.3. The molecule has 0 fully saturated rings. The molecule has 0 aliphatic carbocycles. The van der Waals surface area contributed by atoms with Crippen LogP contribution in [0.2, 0.25) is 0 Å². The van der Waals surface area contributed by atoms with E-state index in [1.807, 2.05) is 49.4 Å². The largest absolute Gasteiger partial charge is 0.355 e. The molecule has 1 heterocycles. The van der Waals surface area contributed by atoms with E-state index in [-0.39, 0.29) is 17.7 Å². The van der Waals surface area contributed by atoms with Crippen LogP contribution in [0.3, 0.4) is 0 Å². The van der Waals surface area contributed by atoms with Crippen LogP contribution < -0.4 is 10.6 Å². The summed E-state index contributed by atoms with van der Waals surface area (Å²) in [5.41, 5.74) is 3.05. The number of benzene rings is 2. The highest BCUT2D eigenvalue weighted by molar-refractivity contribution is 7.99. The van der Waals surface area contributed by atoms with Crippen LogP contribution in [0.1, 0.15) is 38.8 Å². The third-order valence-electron chi connectivity index (χ3n) is 4.40. The third-order valence-corrected chi connectivity index (χ3v) is 6.45. The van der Waals surface area contributed by atoms with Crippen molar-refractivity contribution in [2.45, 2.75) is 25.5 Å². The molecule has 0 aliphatic heterocycles. The van der Waals surface area contributed by atoms with Gasteiger partial charge in [-0.25, -0.2) is 0 Å². The Morgan fingerprint density at radius 3 is 2.53 bits per heavy atom. The van der Waals surface area contributed by atoms with E-state index in [9.17, 15) is 9.59 Å². The van der Waals surface area contributed by atoms with Gasteiger partial charge in [0.1, 0.15) is 5.01 Å². The lowest BCUT2D eigenvalue weighted by atomic mass is 10.0. The van der Waals surface area contributed by atoms with Crippen molar-refractivity contribution < 1.29 is 9.59 Å². The number of anilines is 1. The van der Waals surface area contributed by atoms with Crippen molar-refractivity contribution in [1.82, 2.24) is 15.5 Å². The highest BCUT2D eigenvalue weighted by Crippen LogP contribution is 2.18. The Kier molecular flexibility index (Phi) is 7.98. The van der Waals surface area contributed by atoms with Crippen molar-refractivity contribution in [2.24, 2.45) is 0 Å². The number of thioether (sulfide) groups is 1. The fourth-order valence-corrected chi connectivity index (χ4v) is 4.31. The lowest BCUT2D eigenvalue weighted by Gasteiger charge is -2.12. The molecule has 0 saturated heterocycles. The molecular formula is C22H24N4O2S2. The Morgan fingerprint density at radius 1 is 1.07 bits per heavy atom. The molecule has 0 radical (unpaired) electrons. The molecule has 30 heavy (non-hydrogen) atoms. The smallest absolute Gasteiger partial charge is 0.286 e. The van der Waals surface area contributed by atoms with Crippen molar-refractivity contribution in [3.05, 3.63) is 75.7 Å². The van der Waals surface area contributed by atoms with Crippen LogP contribution in [0.25, 0.3) is 0 Å². The number of nitrogens with zero attached hydrogens (tertiary/aromatic N) is 2. The third kappa shape index (κ3) is 6.67. The minimum atomic E-state index is -0.278. The fourth-order valence-electron chi connectivity index (χ4n) is 2.67. The Morgan fingerprint density at radius 2 is 1.80 bits per heavy atom. The fraction of sp³-hybridized carbons (Fsp3) is 0.273. The van der Waals surface area contributed by atoms with E-state index in [2.05, 4.69) is 39.9 Å². The van der Waals surface area contributed by atoms with Gasteiger partial charge in [0.15, 0.2) is 0 Å². The minimum Gasteiger partial charge on any atom is -0.355 e. The molecule has 0 saturated carbocycles. The maximum atomic E-state index is 12.3. The summed E-state index contributed by atoms with van der Waals surface area (Å²) < 4.78 is 0. The van der Waals surface area contributed by atoms with E-state index < -0.39 is 0 Å². The standard InChI is InChI=1S/C22H24N4O2S2/c1-15-8-10-18(11-9-15)24-21(28)22-26-25-20(30-22)14-29-13-19(27)23-12-16(2)17-6-4-3-5-7-17/h3-11,16H,12-14H2,1-2H3,(H,23,27)(H,24,28). The molecule has 3 rings (SSSR count). The zero-order valence-corrected chi connectivity index (χ0v) is 18.6. The summed E-state index contributed by atoms with van der Waals surface area (Å²) in [5.74, 6) is 0.853. The first-order valence-electron chi connectivity index (χ1n) is 9.61. The summed E-state index contributed by atoms with van der Waals surface area (Å²) in [6.45, 7) is 4.68. The number of rotatable bonds is 9. The molecule has 1 unspecified atom stereocenters. The molecule has 1 aromatic heterocycles. The van der Waals surface area contributed by atoms with E-state index in [1.54, 1.807) is 0 Å². The summed E-state index contributed by atoms with van der Waals surface area (Å²) in [6, 6.07) is 17.7. The highest BCUT2D eigenvalue weighted by atomic mass is 32.2. The van der Waals surface area contributed by atoms with Crippen molar-refractivity contribution in [2.75, 3.05) is 17.6 Å². The van der Waals surface area contributed by atoms with Crippen molar-refractivity contribution in [3.8, 4) is 0 Å². The second kappa shape index (κ2) is 10.9. The molecule has 2 amide bonds. The summed E-state index contributed by atoms with van der Waals surface area (Å²) in [7, 11) is 0. The van der Waals surface area contributed by atoms with Gasteiger partial charge in [-0.15, -0.1) is 22.0 Å². The molecule has 6 nitrogen and oxygen atoms in total. The summed E-state index contributed by atoms with van der Waals surface area (Å²) in [4.78, 5) is 24.4. The minimum absolute atomic E-state index is 0.00960. The van der Waals surface area contributed by atoms with Gasteiger partial charge in [-0.1, -0.05) is 66.3 Å². The molecule has 8 heteroatoms. The lowest BCUT2D eigenvalue weighted by molar-refractivity contribution is -0.118. The number of hydrogen-bond donors (Lipinski definition) is 2. The molecular weight excluding hydrogens is 416 g/mol. The second-order valence-corrected chi connectivity index (χ2v) is 8.98. The number of aryl methyl sites for hydroxylation is 1. The van der Waals surface area contributed by atoms with Gasteiger partial charge in [0.05, 0.1) is 5.75 Å². The predicted molar refractivity (Wildman–Crippen MR) is 123 cm³/mol. The normalized spacial score (nSPS) is 11.7. The SMILES string of the molecule is Cc1ccc(NC(=O)c2nnc(CSCC(=O)NCC(C)c3ccccc3)s2)cc1. The summed E-state index contributed by atoms with van der Waals surface area (Å²) in [5, 5.41) is 14.8. The Bertz CT molecular complexity index is 974. The first-order chi connectivity index (χ1) is 14.5. The molecule has 2 aromatic carbocycles. The zero-order chi connectivity index (χ0) is 21.3. The first kappa shape index (κ1) is 22.0. The molecule has 0 bridgehead atoms. The molecule has 1 atom stereocenters. The summed E-state index contributed by atoms with van der Waals surface area (Å²) >= 11 is 2.70. The van der Waals surface area contributed by atoms with E-state index >= 15 is 0 Å². The van der Waals surface area contributed by atoms with E-state index in [1.165, 1.54) is 28.7 Å². The van der Waals surface area contributed by atoms with Crippen LogP contribution >= 0.6 is 23.1 Å². The van der Waals surface area contributed by atoms with Crippen LogP contribution in [0.15, 0.2) is 54.6 Å². The molecule has 0 aliphatic rings. The Labute approximate surface area is 184 Å². The number of hydrogen-bond acceptors (Lipinski definition) is 6. The second-order valence-electron chi connectivity index (χ2n) is 6.93. The number of carbonyl (C=O) groups excluding carboxylic acids is 2. The molecule has 0 spiro atoms. The summed E-state index contributed by atoms with van der Waals surface area (Å²) in [6.07, 6.45) is 0. The van der Waals surface area contributed by atoms with Gasteiger partial charge in [-0.2, -0.15) is 0 Å². The van der Waals surface area contributed by atoms with Crippen molar-refractivity contribution in [1.29, 1.82) is 0 Å². The molecule has 156 valence electrons. The van der Waals surface area contributed by atoms with Gasteiger partial charge >= 0.3 is 0 Å². The van der Waals surface area contributed by atoms with Gasteiger partial charge in [-0.3, -0.25) is 9.59 Å². The van der Waals surface area contributed by atoms with Crippen LogP contribution in [0, 0.1) is 6.92 Å². The van der Waals surface area contributed by atoms with Crippen molar-refractivity contribution >= 4 is 40.6 Å². The Hall–Kier alpha value is -2.71. The number of nitrogens with one attached hydrogen (secondary N) is 2. The maximum Gasteiger partial charge on any atom is 0.286 e. The van der Waals surface area contributed by atoms with Crippen LogP contribution in [0.5, 0.6) is 0 Å². The number of carbonyl (C=O) groups is 2. The predicted octanol–water partition coefficient (Wildman–Crippen LogP) is 4.25. The topological polar surface area (TPSA) is 84.0 Å². The first-order valence-corrected chi connectivity index (χ1v) is 11.6. The van der Waals surface area contributed by atoms with Crippen molar-refractivity contribution in [3.63, 3.8) is 0 Å². The monoisotopic (exact) mass is 440 g/mol. The Balaban J connectivity index is 1.39. The number of amides is 2.